The van der Waals surface area contributed by atoms with Crippen molar-refractivity contribution in [2.24, 2.45) is 0 Å². The van der Waals surface area contributed by atoms with Crippen LogP contribution in [0, 0.1) is 27.7 Å². The van der Waals surface area contributed by atoms with E-state index >= 15 is 0 Å². The van der Waals surface area contributed by atoms with Crippen molar-refractivity contribution in [1.29, 1.82) is 0 Å². The molecule has 0 aliphatic heterocycles. The fourth-order valence-electron chi connectivity index (χ4n) is 6.87. The molecule has 0 fully saturated rings. The molecule has 0 unspecified atom stereocenters. The van der Waals surface area contributed by atoms with Gasteiger partial charge in [-0.1, -0.05) is 109 Å². The highest BCUT2D eigenvalue weighted by atomic mass is 14.2. The van der Waals surface area contributed by atoms with E-state index in [0.717, 1.165) is 0 Å². The minimum atomic E-state index is 1.26. The van der Waals surface area contributed by atoms with Crippen molar-refractivity contribution in [3.05, 3.63) is 144 Å². The minimum absolute atomic E-state index is 1.26. The van der Waals surface area contributed by atoms with Crippen LogP contribution in [0.5, 0.6) is 0 Å². The minimum Gasteiger partial charge on any atom is -0.0616 e. The molecule has 0 nitrogen and oxygen atoms in total. The van der Waals surface area contributed by atoms with Crippen LogP contribution in [-0.4, -0.2) is 0 Å². The zero-order valence-electron chi connectivity index (χ0n) is 24.5. The van der Waals surface area contributed by atoms with Gasteiger partial charge in [-0.05, 0) is 138 Å². The molecule has 8 rings (SSSR count). The van der Waals surface area contributed by atoms with Gasteiger partial charge in [0.25, 0.3) is 0 Å². The molecule has 0 N–H and O–H groups in total. The van der Waals surface area contributed by atoms with Crippen LogP contribution in [0.2, 0.25) is 0 Å². The predicted molar refractivity (Wildman–Crippen MR) is 184 cm³/mol. The molecule has 0 spiro atoms. The predicted octanol–water partition coefficient (Wildman–Crippen LogP) is 12.0. The van der Waals surface area contributed by atoms with Crippen molar-refractivity contribution in [2.75, 3.05) is 0 Å². The third-order valence-corrected chi connectivity index (χ3v) is 9.48. The van der Waals surface area contributed by atoms with Gasteiger partial charge >= 0.3 is 0 Å². The summed E-state index contributed by atoms with van der Waals surface area (Å²) in [6.45, 7) is 8.77. The quantitative estimate of drug-likeness (QED) is 0.193. The molecule has 8 aromatic rings. The Hall–Kier alpha value is -4.94. The van der Waals surface area contributed by atoms with Crippen molar-refractivity contribution in [2.45, 2.75) is 27.7 Å². The van der Waals surface area contributed by atoms with E-state index in [-0.39, 0.29) is 0 Å². The van der Waals surface area contributed by atoms with Crippen LogP contribution in [0.1, 0.15) is 22.3 Å². The summed E-state index contributed by atoms with van der Waals surface area (Å²) in [4.78, 5) is 0. The Balaban J connectivity index is 1.58. The Kier molecular flexibility index (Phi) is 5.49. The zero-order chi connectivity index (χ0) is 28.5. The van der Waals surface area contributed by atoms with E-state index in [2.05, 4.69) is 149 Å². The van der Waals surface area contributed by atoms with Gasteiger partial charge in [-0.15, -0.1) is 0 Å². The summed E-state index contributed by atoms with van der Waals surface area (Å²) in [5.41, 5.74) is 10.4. The molecule has 8 aromatic carbocycles. The second kappa shape index (κ2) is 9.29. The Morgan fingerprint density at radius 2 is 0.595 bits per heavy atom. The molecule has 0 aromatic heterocycles. The van der Waals surface area contributed by atoms with Gasteiger partial charge < -0.3 is 0 Å². The lowest BCUT2D eigenvalue weighted by atomic mass is 9.85. The van der Waals surface area contributed by atoms with Gasteiger partial charge in [0.1, 0.15) is 0 Å². The normalized spacial score (nSPS) is 11.8. The lowest BCUT2D eigenvalue weighted by Crippen LogP contribution is -1.90. The first kappa shape index (κ1) is 24.8. The lowest BCUT2D eigenvalue weighted by molar-refractivity contribution is 1.34. The molecule has 0 heterocycles. The van der Waals surface area contributed by atoms with E-state index in [9.17, 15) is 0 Å². The van der Waals surface area contributed by atoms with E-state index in [1.165, 1.54) is 98.4 Å². The number of benzene rings is 8. The summed E-state index contributed by atoms with van der Waals surface area (Å²) >= 11 is 0. The fraction of sp³-hybridized carbons (Fsp3) is 0.0952. The average Bonchev–Trinajstić information content (AvgIpc) is 3.03. The smallest absolute Gasteiger partial charge is 0.00137 e. The van der Waals surface area contributed by atoms with Gasteiger partial charge in [0.2, 0.25) is 0 Å². The zero-order valence-corrected chi connectivity index (χ0v) is 24.5. The van der Waals surface area contributed by atoms with E-state index in [1.54, 1.807) is 0 Å². The number of hydrogen-bond donors (Lipinski definition) is 0. The van der Waals surface area contributed by atoms with Gasteiger partial charge in [-0.2, -0.15) is 0 Å². The maximum Gasteiger partial charge on any atom is -0.00137 e. The monoisotopic (exact) mass is 536 g/mol. The molecule has 200 valence electrons. The summed E-state index contributed by atoms with van der Waals surface area (Å²) in [6, 6.07) is 45.7. The lowest BCUT2D eigenvalue weighted by Gasteiger charge is -2.18. The van der Waals surface area contributed by atoms with Gasteiger partial charge in [-0.3, -0.25) is 0 Å². The molecule has 0 amide bonds. The standard InChI is InChI=1S/C42H32/c1-25-13-15-29(21-27(25)3)31-17-19-35-36-20-18-32(30-16-14-26(2)28(4)22-30)24-40(36)42-38-12-8-6-10-34(38)33-9-5-7-11-37(33)41(42)39(35)23-31/h5-24H,1-4H3. The van der Waals surface area contributed by atoms with Crippen LogP contribution >= 0.6 is 0 Å². The van der Waals surface area contributed by atoms with Crippen LogP contribution < -0.4 is 0 Å². The fourth-order valence-corrected chi connectivity index (χ4v) is 6.87. The van der Waals surface area contributed by atoms with Crippen LogP contribution in [-0.2, 0) is 0 Å². The Morgan fingerprint density at radius 3 is 1.00 bits per heavy atom. The number of hydrogen-bond acceptors (Lipinski definition) is 0. The molecule has 0 saturated heterocycles. The van der Waals surface area contributed by atoms with Crippen LogP contribution in [0.3, 0.4) is 0 Å². The van der Waals surface area contributed by atoms with E-state index in [1.807, 2.05) is 0 Å². The average molecular weight is 537 g/mol. The molecule has 0 aliphatic rings. The van der Waals surface area contributed by atoms with Gasteiger partial charge in [0.05, 0.1) is 0 Å². The summed E-state index contributed by atoms with van der Waals surface area (Å²) in [5.74, 6) is 0. The first-order valence-electron chi connectivity index (χ1n) is 14.9. The molecule has 0 atom stereocenters. The van der Waals surface area contributed by atoms with Crippen molar-refractivity contribution in [1.82, 2.24) is 0 Å². The Labute approximate surface area is 246 Å². The van der Waals surface area contributed by atoms with E-state index in [0.29, 0.717) is 0 Å². The summed E-state index contributed by atoms with van der Waals surface area (Å²) in [7, 11) is 0. The molecule has 0 radical (unpaired) electrons. The Bertz CT molecular complexity index is 2220. The second-order valence-electron chi connectivity index (χ2n) is 12.0. The molecule has 0 bridgehead atoms. The highest BCUT2D eigenvalue weighted by molar-refractivity contribution is 6.39. The van der Waals surface area contributed by atoms with Crippen LogP contribution in [0.4, 0.5) is 0 Å². The number of rotatable bonds is 2. The van der Waals surface area contributed by atoms with E-state index in [4.69, 9.17) is 0 Å². The molecule has 0 saturated carbocycles. The Morgan fingerprint density at radius 1 is 0.262 bits per heavy atom. The molecule has 0 heteroatoms. The van der Waals surface area contributed by atoms with Gasteiger partial charge in [-0.25, -0.2) is 0 Å². The molecular formula is C42H32. The van der Waals surface area contributed by atoms with Crippen LogP contribution in [0.15, 0.2) is 121 Å². The van der Waals surface area contributed by atoms with Gasteiger partial charge in [0, 0.05) is 0 Å². The van der Waals surface area contributed by atoms with Crippen molar-refractivity contribution in [3.8, 4) is 22.3 Å². The summed E-state index contributed by atoms with van der Waals surface area (Å²) < 4.78 is 0. The maximum atomic E-state index is 2.43. The third kappa shape index (κ3) is 3.68. The van der Waals surface area contributed by atoms with Crippen molar-refractivity contribution in [3.63, 3.8) is 0 Å². The molecule has 0 aliphatic carbocycles. The topological polar surface area (TPSA) is 0 Å². The molecular weight excluding hydrogens is 504 g/mol. The SMILES string of the molecule is Cc1ccc(-c2ccc3c4ccc(-c5ccc(C)c(C)c5)cc4c4c5ccccc5c5ccccc5c4c3c2)cc1C. The summed E-state index contributed by atoms with van der Waals surface area (Å²) in [6.07, 6.45) is 0. The maximum absolute atomic E-state index is 2.43. The number of aryl methyl sites for hydroxylation is 4. The van der Waals surface area contributed by atoms with Crippen molar-refractivity contribution >= 4 is 53.9 Å². The largest absolute Gasteiger partial charge is 0.0616 e. The third-order valence-electron chi connectivity index (χ3n) is 9.48. The number of fused-ring (bicyclic) bond motifs is 11. The highest BCUT2D eigenvalue weighted by Gasteiger charge is 2.17. The van der Waals surface area contributed by atoms with Crippen LogP contribution in [0.25, 0.3) is 76.1 Å². The second-order valence-corrected chi connectivity index (χ2v) is 12.0. The highest BCUT2D eigenvalue weighted by Crippen LogP contribution is 2.45. The first-order chi connectivity index (χ1) is 20.5. The van der Waals surface area contributed by atoms with Crippen molar-refractivity contribution < 1.29 is 0 Å². The van der Waals surface area contributed by atoms with Gasteiger partial charge in [0.15, 0.2) is 0 Å². The molecule has 42 heavy (non-hydrogen) atoms. The van der Waals surface area contributed by atoms with E-state index < -0.39 is 0 Å². The summed E-state index contributed by atoms with van der Waals surface area (Å²) in [5, 5.41) is 13.2. The first-order valence-corrected chi connectivity index (χ1v) is 14.9.